The van der Waals surface area contributed by atoms with Crippen LogP contribution in [0.4, 0.5) is 5.69 Å². The Morgan fingerprint density at radius 1 is 1.04 bits per heavy atom. The highest BCUT2D eigenvalue weighted by Crippen LogP contribution is 2.14. The van der Waals surface area contributed by atoms with Crippen LogP contribution in [-0.2, 0) is 14.3 Å². The highest BCUT2D eigenvalue weighted by atomic mass is 16.5. The lowest BCUT2D eigenvalue weighted by atomic mass is 10.1. The van der Waals surface area contributed by atoms with E-state index in [-0.39, 0.29) is 5.91 Å². The summed E-state index contributed by atoms with van der Waals surface area (Å²) in [4.78, 5) is 36.9. The summed E-state index contributed by atoms with van der Waals surface area (Å²) < 4.78 is 4.82. The van der Waals surface area contributed by atoms with E-state index >= 15 is 0 Å². The summed E-state index contributed by atoms with van der Waals surface area (Å²) in [6.45, 7) is -0.527. The van der Waals surface area contributed by atoms with Crippen LogP contribution in [0.25, 0.3) is 0 Å². The van der Waals surface area contributed by atoms with E-state index < -0.39 is 24.6 Å². The van der Waals surface area contributed by atoms with Gasteiger partial charge in [0.25, 0.3) is 11.8 Å². The Kier molecular flexibility index (Phi) is 6.46. The molecular formula is C19H20N2O5. The van der Waals surface area contributed by atoms with Gasteiger partial charge in [-0.1, -0.05) is 30.3 Å². The van der Waals surface area contributed by atoms with E-state index in [0.717, 1.165) is 0 Å². The maximum atomic E-state index is 11.9. The smallest absolute Gasteiger partial charge is 0.340 e. The van der Waals surface area contributed by atoms with E-state index in [9.17, 15) is 19.5 Å². The second-order valence-corrected chi connectivity index (χ2v) is 5.75. The number of carbonyl (C=O) groups excluding carboxylic acids is 3. The van der Waals surface area contributed by atoms with Crippen LogP contribution in [0.2, 0.25) is 0 Å². The number of rotatable bonds is 6. The fourth-order valence-electron chi connectivity index (χ4n) is 2.14. The number of esters is 1. The molecule has 1 atom stereocenters. The Morgan fingerprint density at radius 3 is 2.23 bits per heavy atom. The molecule has 2 N–H and O–H groups in total. The Balaban J connectivity index is 1.85. The molecule has 0 aliphatic heterocycles. The molecule has 0 aliphatic carbocycles. The van der Waals surface area contributed by atoms with Gasteiger partial charge in [-0.15, -0.1) is 0 Å². The van der Waals surface area contributed by atoms with Crippen molar-refractivity contribution in [2.24, 2.45) is 0 Å². The van der Waals surface area contributed by atoms with Gasteiger partial charge < -0.3 is 20.1 Å². The summed E-state index contributed by atoms with van der Waals surface area (Å²) in [5.41, 5.74) is 1.34. The Morgan fingerprint density at radius 2 is 1.65 bits per heavy atom. The molecular weight excluding hydrogens is 336 g/mol. The number of hydrogen-bond donors (Lipinski definition) is 2. The lowest BCUT2D eigenvalue weighted by Crippen LogP contribution is -2.24. The molecule has 26 heavy (non-hydrogen) atoms. The molecule has 136 valence electrons. The van der Waals surface area contributed by atoms with E-state index in [4.69, 9.17) is 4.74 Å². The number of carbonyl (C=O) groups is 3. The molecule has 0 spiro atoms. The molecule has 0 heterocycles. The number of anilines is 1. The van der Waals surface area contributed by atoms with Gasteiger partial charge in [0.1, 0.15) is 0 Å². The molecule has 2 aromatic rings. The standard InChI is InChI=1S/C19H20N2O5/c1-21(2)18(24)14-8-10-15(11-9-14)20-16(22)12-26-19(25)17(23)13-6-4-3-5-7-13/h3-11,17,23H,12H2,1-2H3,(H,20,22)/t17-/m1/s1. The van der Waals surface area contributed by atoms with E-state index in [1.807, 2.05) is 0 Å². The van der Waals surface area contributed by atoms with Crippen molar-refractivity contribution in [2.45, 2.75) is 6.10 Å². The number of nitrogens with one attached hydrogen (secondary N) is 1. The Hall–Kier alpha value is -3.19. The van der Waals surface area contributed by atoms with Crippen LogP contribution in [0.15, 0.2) is 54.6 Å². The van der Waals surface area contributed by atoms with Crippen LogP contribution in [-0.4, -0.2) is 48.5 Å². The van der Waals surface area contributed by atoms with Crippen LogP contribution < -0.4 is 5.32 Å². The molecule has 0 aromatic heterocycles. The van der Waals surface area contributed by atoms with Gasteiger partial charge >= 0.3 is 5.97 Å². The van der Waals surface area contributed by atoms with E-state index in [0.29, 0.717) is 16.8 Å². The zero-order valence-corrected chi connectivity index (χ0v) is 14.5. The molecule has 0 bridgehead atoms. The molecule has 7 heteroatoms. The zero-order valence-electron chi connectivity index (χ0n) is 14.5. The van der Waals surface area contributed by atoms with Crippen molar-refractivity contribution in [3.05, 3.63) is 65.7 Å². The fourth-order valence-corrected chi connectivity index (χ4v) is 2.14. The fraction of sp³-hybridized carbons (Fsp3) is 0.211. The first kappa shape index (κ1) is 19.1. The summed E-state index contributed by atoms with van der Waals surface area (Å²) in [6, 6.07) is 14.6. The predicted molar refractivity (Wildman–Crippen MR) is 95.5 cm³/mol. The maximum absolute atomic E-state index is 11.9. The third-order valence-corrected chi connectivity index (χ3v) is 3.51. The van der Waals surface area contributed by atoms with Crippen LogP contribution in [0.3, 0.4) is 0 Å². The van der Waals surface area contributed by atoms with Gasteiger partial charge in [-0.05, 0) is 29.8 Å². The quantitative estimate of drug-likeness (QED) is 0.767. The largest absolute Gasteiger partial charge is 0.453 e. The molecule has 0 unspecified atom stereocenters. The lowest BCUT2D eigenvalue weighted by Gasteiger charge is -2.12. The number of nitrogens with zero attached hydrogens (tertiary/aromatic N) is 1. The third kappa shape index (κ3) is 5.15. The first-order valence-corrected chi connectivity index (χ1v) is 7.89. The normalized spacial score (nSPS) is 11.3. The lowest BCUT2D eigenvalue weighted by molar-refractivity contribution is -0.156. The minimum absolute atomic E-state index is 0.147. The van der Waals surface area contributed by atoms with Crippen molar-refractivity contribution in [3.8, 4) is 0 Å². The molecule has 2 aromatic carbocycles. The average Bonchev–Trinajstić information content (AvgIpc) is 2.66. The molecule has 2 rings (SSSR count). The number of aliphatic hydroxyl groups excluding tert-OH is 1. The minimum Gasteiger partial charge on any atom is -0.453 e. The van der Waals surface area contributed by atoms with Crippen molar-refractivity contribution in [1.29, 1.82) is 0 Å². The van der Waals surface area contributed by atoms with Crippen LogP contribution in [0.1, 0.15) is 22.0 Å². The zero-order chi connectivity index (χ0) is 19.1. The molecule has 0 saturated heterocycles. The van der Waals surface area contributed by atoms with Crippen molar-refractivity contribution >= 4 is 23.5 Å². The van der Waals surface area contributed by atoms with Gasteiger partial charge in [0.15, 0.2) is 12.7 Å². The molecule has 0 radical (unpaired) electrons. The van der Waals surface area contributed by atoms with Gasteiger partial charge in [0.05, 0.1) is 0 Å². The highest BCUT2D eigenvalue weighted by Gasteiger charge is 2.19. The summed E-state index contributed by atoms with van der Waals surface area (Å²) >= 11 is 0. The van der Waals surface area contributed by atoms with Gasteiger partial charge in [0, 0.05) is 25.3 Å². The van der Waals surface area contributed by atoms with E-state index in [1.165, 1.54) is 4.90 Å². The van der Waals surface area contributed by atoms with Crippen LogP contribution in [0, 0.1) is 0 Å². The van der Waals surface area contributed by atoms with Crippen molar-refractivity contribution < 1.29 is 24.2 Å². The summed E-state index contributed by atoms with van der Waals surface area (Å²) in [6.07, 6.45) is -1.44. The number of hydrogen-bond acceptors (Lipinski definition) is 5. The second kappa shape index (κ2) is 8.77. The van der Waals surface area contributed by atoms with Gasteiger partial charge in [-0.2, -0.15) is 0 Å². The second-order valence-electron chi connectivity index (χ2n) is 5.75. The number of benzene rings is 2. The number of amides is 2. The van der Waals surface area contributed by atoms with Crippen LogP contribution in [0.5, 0.6) is 0 Å². The highest BCUT2D eigenvalue weighted by molar-refractivity contribution is 5.96. The van der Waals surface area contributed by atoms with Crippen LogP contribution >= 0.6 is 0 Å². The van der Waals surface area contributed by atoms with Gasteiger partial charge in [0.2, 0.25) is 0 Å². The number of ether oxygens (including phenoxy) is 1. The maximum Gasteiger partial charge on any atom is 0.340 e. The number of aliphatic hydroxyl groups is 1. The van der Waals surface area contributed by atoms with Gasteiger partial charge in [-0.3, -0.25) is 9.59 Å². The Bertz CT molecular complexity index is 772. The molecule has 7 nitrogen and oxygen atoms in total. The van der Waals surface area contributed by atoms with Crippen molar-refractivity contribution in [2.75, 3.05) is 26.0 Å². The molecule has 0 saturated carbocycles. The van der Waals surface area contributed by atoms with Crippen molar-refractivity contribution in [1.82, 2.24) is 4.90 Å². The first-order valence-electron chi connectivity index (χ1n) is 7.89. The third-order valence-electron chi connectivity index (χ3n) is 3.51. The minimum atomic E-state index is -1.44. The summed E-state index contributed by atoms with van der Waals surface area (Å²) in [5, 5.41) is 12.4. The van der Waals surface area contributed by atoms with Gasteiger partial charge in [-0.25, -0.2) is 4.79 Å². The SMILES string of the molecule is CN(C)C(=O)c1ccc(NC(=O)COC(=O)[C@H](O)c2ccccc2)cc1. The predicted octanol–water partition coefficient (Wildman–Crippen LogP) is 1.60. The molecule has 2 amide bonds. The van der Waals surface area contributed by atoms with Crippen molar-refractivity contribution in [3.63, 3.8) is 0 Å². The monoisotopic (exact) mass is 356 g/mol. The molecule has 0 fully saturated rings. The average molecular weight is 356 g/mol. The summed E-state index contributed by atoms with van der Waals surface area (Å²) in [7, 11) is 3.30. The Labute approximate surface area is 151 Å². The molecule has 0 aliphatic rings. The van der Waals surface area contributed by atoms with E-state index in [1.54, 1.807) is 68.7 Å². The first-order chi connectivity index (χ1) is 12.4. The van der Waals surface area contributed by atoms with E-state index in [2.05, 4.69) is 5.32 Å². The summed E-state index contributed by atoms with van der Waals surface area (Å²) in [5.74, 6) is -1.60. The topological polar surface area (TPSA) is 95.9 Å².